The predicted molar refractivity (Wildman–Crippen MR) is 171 cm³/mol. The molecule has 0 saturated carbocycles. The highest BCUT2D eigenvalue weighted by Gasteiger charge is 2.34. The first-order chi connectivity index (χ1) is 22.0. The number of nitrogens with one attached hydrogen (secondary N) is 1. The van der Waals surface area contributed by atoms with E-state index in [0.717, 1.165) is 11.6 Å². The van der Waals surface area contributed by atoms with E-state index in [-0.39, 0.29) is 12.8 Å². The minimum atomic E-state index is -0.710. The number of aromatic nitrogens is 1. The van der Waals surface area contributed by atoms with Crippen LogP contribution < -0.4 is 15.0 Å². The number of piperidine rings is 1. The van der Waals surface area contributed by atoms with E-state index in [9.17, 15) is 18.8 Å². The van der Waals surface area contributed by atoms with Crippen LogP contribution in [0.15, 0.2) is 60.8 Å². The molecule has 9 nitrogen and oxygen atoms in total. The SMILES string of the molecule is COCOc1c(C#N)cccc1-c1ccc2ncc(-c3cc(F)cc(F)c3)c(N3CCC(NC(=O)OC(C)(C)C)C(OC)C3)c2c1. The van der Waals surface area contributed by atoms with Crippen LogP contribution in [0.2, 0.25) is 0 Å². The minimum absolute atomic E-state index is 0.0496. The van der Waals surface area contributed by atoms with E-state index >= 15 is 0 Å². The van der Waals surface area contributed by atoms with Crippen LogP contribution in [0.25, 0.3) is 33.2 Å². The summed E-state index contributed by atoms with van der Waals surface area (Å²) < 4.78 is 51.3. The van der Waals surface area contributed by atoms with Gasteiger partial charge in [-0.3, -0.25) is 4.98 Å². The molecule has 1 aromatic heterocycles. The number of pyridine rings is 1. The Balaban J connectivity index is 1.63. The van der Waals surface area contributed by atoms with Crippen molar-refractivity contribution < 1.29 is 32.5 Å². The maximum atomic E-state index is 14.5. The second kappa shape index (κ2) is 13.7. The molecular weight excluding hydrogens is 594 g/mol. The second-order valence-corrected chi connectivity index (χ2v) is 12.0. The van der Waals surface area contributed by atoms with Gasteiger partial charge in [-0.15, -0.1) is 0 Å². The number of para-hydroxylation sites is 1. The van der Waals surface area contributed by atoms with Crippen molar-refractivity contribution in [3.05, 3.63) is 78.0 Å². The van der Waals surface area contributed by atoms with Crippen LogP contribution in [0.3, 0.4) is 0 Å². The first-order valence-electron chi connectivity index (χ1n) is 14.8. The summed E-state index contributed by atoms with van der Waals surface area (Å²) in [5.41, 5.74) is 3.30. The third-order valence-electron chi connectivity index (χ3n) is 7.66. The Morgan fingerprint density at radius 2 is 1.83 bits per heavy atom. The highest BCUT2D eigenvalue weighted by molar-refractivity contribution is 6.02. The molecule has 1 N–H and O–H groups in total. The van der Waals surface area contributed by atoms with Gasteiger partial charge in [-0.25, -0.2) is 13.6 Å². The molecule has 5 rings (SSSR count). The fourth-order valence-electron chi connectivity index (χ4n) is 5.72. The summed E-state index contributed by atoms with van der Waals surface area (Å²) in [4.78, 5) is 19.4. The number of nitriles is 1. The van der Waals surface area contributed by atoms with Crippen LogP contribution in [0, 0.1) is 23.0 Å². The Morgan fingerprint density at radius 1 is 1.07 bits per heavy atom. The molecular formula is C35H36F2N4O5. The number of amides is 1. The molecule has 2 atom stereocenters. The van der Waals surface area contributed by atoms with Crippen LogP contribution in [0.5, 0.6) is 5.75 Å². The van der Waals surface area contributed by atoms with Gasteiger partial charge in [0.1, 0.15) is 29.1 Å². The topological polar surface area (TPSA) is 106 Å². The number of fused-ring (bicyclic) bond motifs is 1. The zero-order valence-electron chi connectivity index (χ0n) is 26.4. The lowest BCUT2D eigenvalue weighted by Gasteiger charge is -2.40. The molecule has 3 aromatic carbocycles. The van der Waals surface area contributed by atoms with Crippen molar-refractivity contribution in [1.29, 1.82) is 5.26 Å². The Morgan fingerprint density at radius 3 is 2.50 bits per heavy atom. The molecule has 46 heavy (non-hydrogen) atoms. The normalized spacial score (nSPS) is 16.6. The van der Waals surface area contributed by atoms with Crippen LogP contribution in [0.4, 0.5) is 19.3 Å². The average molecular weight is 631 g/mol. The number of hydrogen-bond acceptors (Lipinski definition) is 8. The summed E-state index contributed by atoms with van der Waals surface area (Å²) in [6.45, 7) is 6.19. The number of halogens is 2. The van der Waals surface area contributed by atoms with E-state index in [1.807, 2.05) is 24.3 Å². The molecule has 0 bridgehead atoms. The van der Waals surface area contributed by atoms with Crippen LogP contribution in [-0.4, -0.2) is 62.9 Å². The third kappa shape index (κ3) is 7.19. The number of anilines is 1. The van der Waals surface area contributed by atoms with Gasteiger partial charge in [-0.1, -0.05) is 18.2 Å². The maximum absolute atomic E-state index is 14.5. The highest BCUT2D eigenvalue weighted by Crippen LogP contribution is 2.41. The van der Waals surface area contributed by atoms with Gasteiger partial charge in [0.25, 0.3) is 0 Å². The second-order valence-electron chi connectivity index (χ2n) is 12.0. The first kappa shape index (κ1) is 32.6. The number of methoxy groups -OCH3 is 2. The molecule has 0 spiro atoms. The van der Waals surface area contributed by atoms with Crippen LogP contribution in [-0.2, 0) is 14.2 Å². The van der Waals surface area contributed by atoms with Gasteiger partial charge in [0.2, 0.25) is 0 Å². The summed E-state index contributed by atoms with van der Waals surface area (Å²) >= 11 is 0. The lowest BCUT2D eigenvalue weighted by Crippen LogP contribution is -2.55. The van der Waals surface area contributed by atoms with Gasteiger partial charge < -0.3 is 29.2 Å². The summed E-state index contributed by atoms with van der Waals surface area (Å²) in [5, 5.41) is 13.4. The molecule has 0 aliphatic carbocycles. The fourth-order valence-corrected chi connectivity index (χ4v) is 5.72. The zero-order chi connectivity index (χ0) is 33.0. The van der Waals surface area contributed by atoms with Crippen molar-refractivity contribution >= 4 is 22.7 Å². The summed E-state index contributed by atoms with van der Waals surface area (Å²) in [7, 11) is 3.08. The van der Waals surface area contributed by atoms with Crippen LogP contribution in [0.1, 0.15) is 32.8 Å². The Bertz CT molecular complexity index is 1770. The molecule has 240 valence electrons. The molecule has 4 aromatic rings. The number of rotatable bonds is 8. The number of alkyl carbamates (subject to hydrolysis) is 1. The molecule has 1 aliphatic heterocycles. The van der Waals surface area contributed by atoms with Crippen molar-refractivity contribution in [2.24, 2.45) is 0 Å². The number of carbonyl (C=O) groups excluding carboxylic acids is 1. The molecule has 2 unspecified atom stereocenters. The molecule has 0 radical (unpaired) electrons. The van der Waals surface area contributed by atoms with Gasteiger partial charge >= 0.3 is 6.09 Å². The quantitative estimate of drug-likeness (QED) is 0.212. The average Bonchev–Trinajstić information content (AvgIpc) is 3.01. The van der Waals surface area contributed by atoms with Gasteiger partial charge in [0.15, 0.2) is 6.79 Å². The monoisotopic (exact) mass is 630 g/mol. The third-order valence-corrected chi connectivity index (χ3v) is 7.66. The Hall–Kier alpha value is -4.79. The van der Waals surface area contributed by atoms with E-state index in [0.29, 0.717) is 64.1 Å². The first-order valence-corrected chi connectivity index (χ1v) is 14.8. The minimum Gasteiger partial charge on any atom is -0.466 e. The fraction of sp³-hybridized carbons (Fsp3) is 0.343. The van der Waals surface area contributed by atoms with Gasteiger partial charge in [0.05, 0.1) is 28.9 Å². The van der Waals surface area contributed by atoms with E-state index in [4.69, 9.17) is 18.9 Å². The lowest BCUT2D eigenvalue weighted by atomic mass is 9.94. The smallest absolute Gasteiger partial charge is 0.407 e. The number of benzene rings is 3. The van der Waals surface area contributed by atoms with Crippen molar-refractivity contribution in [1.82, 2.24) is 10.3 Å². The van der Waals surface area contributed by atoms with Crippen molar-refractivity contribution in [2.75, 3.05) is 39.0 Å². The van der Waals surface area contributed by atoms with Crippen molar-refractivity contribution in [3.63, 3.8) is 0 Å². The van der Waals surface area contributed by atoms with Gasteiger partial charge in [-0.05, 0) is 68.7 Å². The van der Waals surface area contributed by atoms with E-state index in [1.165, 1.54) is 19.2 Å². The Kier molecular flexibility index (Phi) is 9.70. The lowest BCUT2D eigenvalue weighted by molar-refractivity contribution is 0.0298. The van der Waals surface area contributed by atoms with Crippen LogP contribution >= 0.6 is 0 Å². The standard InChI is InChI=1S/C35H36F2N4O5/c1-35(2,3)46-34(42)40-30-11-12-41(19-31(30)44-5)32-27-15-21(26-8-6-7-22(17-38)33(26)45-20-43-4)9-10-29(27)39-18-28(32)23-13-24(36)16-25(37)14-23/h6-10,13-16,18,30-31H,11-12,19-20H2,1-5H3,(H,40,42). The highest BCUT2D eigenvalue weighted by atomic mass is 19.1. The number of carbonyl (C=O) groups is 1. The molecule has 1 aliphatic rings. The predicted octanol–water partition coefficient (Wildman–Crippen LogP) is 6.82. The molecule has 1 saturated heterocycles. The van der Waals surface area contributed by atoms with Gasteiger partial charge in [0, 0.05) is 56.1 Å². The molecule has 1 fully saturated rings. The number of nitrogens with zero attached hydrogens (tertiary/aromatic N) is 3. The largest absolute Gasteiger partial charge is 0.466 e. The number of hydrogen-bond donors (Lipinski definition) is 1. The summed E-state index contributed by atoms with van der Waals surface area (Å²) in [6.07, 6.45) is 1.17. The van der Waals surface area contributed by atoms with Crippen molar-refractivity contribution in [2.45, 2.75) is 44.9 Å². The zero-order valence-corrected chi connectivity index (χ0v) is 26.4. The number of ether oxygens (including phenoxy) is 4. The maximum Gasteiger partial charge on any atom is 0.407 e. The summed E-state index contributed by atoms with van der Waals surface area (Å²) in [5.74, 6) is -1.05. The Labute approximate surface area is 266 Å². The summed E-state index contributed by atoms with van der Waals surface area (Å²) in [6, 6.07) is 16.2. The van der Waals surface area contributed by atoms with E-state index in [1.54, 1.807) is 46.2 Å². The van der Waals surface area contributed by atoms with E-state index in [2.05, 4.69) is 21.3 Å². The molecule has 2 heterocycles. The van der Waals surface area contributed by atoms with Gasteiger partial charge in [-0.2, -0.15) is 5.26 Å². The van der Waals surface area contributed by atoms with Crippen molar-refractivity contribution in [3.8, 4) is 34.1 Å². The van der Waals surface area contributed by atoms with E-state index < -0.39 is 29.4 Å². The molecule has 11 heteroatoms. The molecule has 1 amide bonds.